The molecule has 2 heterocycles. The number of aromatic amines is 1. The van der Waals surface area contributed by atoms with E-state index in [4.69, 9.17) is 4.74 Å². The van der Waals surface area contributed by atoms with Gasteiger partial charge in [0.15, 0.2) is 0 Å². The second-order valence-electron chi connectivity index (χ2n) is 7.51. The lowest BCUT2D eigenvalue weighted by Gasteiger charge is -2.37. The third-order valence-corrected chi connectivity index (χ3v) is 5.46. The predicted molar refractivity (Wildman–Crippen MR) is 104 cm³/mol. The minimum absolute atomic E-state index is 0.0111. The first-order chi connectivity index (χ1) is 13.6. The van der Waals surface area contributed by atoms with Crippen LogP contribution in [0.4, 0.5) is 0 Å². The number of aromatic nitrogens is 1. The lowest BCUT2D eigenvalue weighted by Crippen LogP contribution is -2.51. The average molecular weight is 390 g/mol. The van der Waals surface area contributed by atoms with Crippen LogP contribution in [0.2, 0.25) is 0 Å². The Balaban J connectivity index is 1.65. The number of nitrogens with zero attached hydrogens (tertiary/aromatic N) is 1. The monoisotopic (exact) mass is 390 g/mol. The zero-order valence-corrected chi connectivity index (χ0v) is 16.4. The zero-order valence-electron chi connectivity index (χ0n) is 16.4. The first-order valence-corrected chi connectivity index (χ1v) is 10.2. The number of rotatable bonds is 6. The van der Waals surface area contributed by atoms with E-state index in [1.165, 1.54) is 0 Å². The van der Waals surface area contributed by atoms with Crippen molar-refractivity contribution in [2.45, 2.75) is 51.2 Å². The van der Waals surface area contributed by atoms with Crippen molar-refractivity contribution in [2.75, 3.05) is 26.2 Å². The summed E-state index contributed by atoms with van der Waals surface area (Å²) in [7, 11) is 0. The van der Waals surface area contributed by atoms with Crippen LogP contribution in [0.15, 0.2) is 18.3 Å². The van der Waals surface area contributed by atoms with Crippen LogP contribution in [0.5, 0.6) is 0 Å². The van der Waals surface area contributed by atoms with Crippen LogP contribution in [-0.2, 0) is 14.3 Å². The van der Waals surface area contributed by atoms with Gasteiger partial charge in [-0.25, -0.2) is 0 Å². The Kier molecular flexibility index (Phi) is 7.08. The molecule has 0 radical (unpaired) electrons. The highest BCUT2D eigenvalue weighted by atomic mass is 16.5. The average Bonchev–Trinajstić information content (AvgIpc) is 3.15. The topological polar surface area (TPSA) is 104 Å². The quantitative estimate of drug-likeness (QED) is 0.676. The Hall–Kier alpha value is -2.35. The summed E-state index contributed by atoms with van der Waals surface area (Å²) in [6.07, 6.45) is 4.89. The first kappa shape index (κ1) is 20.4. The molecule has 1 aliphatic heterocycles. The van der Waals surface area contributed by atoms with E-state index < -0.39 is 0 Å². The van der Waals surface area contributed by atoms with Crippen LogP contribution >= 0.6 is 0 Å². The lowest BCUT2D eigenvalue weighted by molar-refractivity contribution is -0.138. The van der Waals surface area contributed by atoms with Gasteiger partial charge in [-0.15, -0.1) is 0 Å². The van der Waals surface area contributed by atoms with E-state index in [0.717, 1.165) is 19.3 Å². The fourth-order valence-electron chi connectivity index (χ4n) is 3.95. The van der Waals surface area contributed by atoms with Crippen molar-refractivity contribution in [3.8, 4) is 0 Å². The molecule has 0 aromatic carbocycles. The molecule has 3 atom stereocenters. The summed E-state index contributed by atoms with van der Waals surface area (Å²) in [5, 5.41) is 5.85. The van der Waals surface area contributed by atoms with Crippen LogP contribution in [0.3, 0.4) is 0 Å². The summed E-state index contributed by atoms with van der Waals surface area (Å²) in [5.41, 5.74) is 0.500. The molecule has 1 aromatic heterocycles. The van der Waals surface area contributed by atoms with Crippen LogP contribution in [0, 0.1) is 5.92 Å². The summed E-state index contributed by atoms with van der Waals surface area (Å²) >= 11 is 0. The van der Waals surface area contributed by atoms with Crippen molar-refractivity contribution in [1.29, 1.82) is 0 Å². The molecule has 1 aliphatic carbocycles. The molecule has 1 saturated carbocycles. The summed E-state index contributed by atoms with van der Waals surface area (Å²) in [5.74, 6) is -0.283. The van der Waals surface area contributed by atoms with E-state index in [1.807, 2.05) is 0 Å². The molecule has 1 aromatic rings. The molecule has 1 saturated heterocycles. The fourth-order valence-corrected chi connectivity index (χ4v) is 3.95. The summed E-state index contributed by atoms with van der Waals surface area (Å²) in [4.78, 5) is 41.8. The number of carbonyl (C=O) groups excluding carboxylic acids is 3. The van der Waals surface area contributed by atoms with E-state index in [-0.39, 0.29) is 35.8 Å². The number of amides is 3. The zero-order chi connectivity index (χ0) is 19.9. The molecule has 3 N–H and O–H groups in total. The highest BCUT2D eigenvalue weighted by Gasteiger charge is 2.37. The van der Waals surface area contributed by atoms with Gasteiger partial charge in [-0.1, -0.05) is 6.92 Å². The van der Waals surface area contributed by atoms with Crippen molar-refractivity contribution in [3.63, 3.8) is 0 Å². The number of hydrogen-bond acceptors (Lipinski definition) is 4. The third-order valence-electron chi connectivity index (χ3n) is 5.46. The molecule has 3 rings (SSSR count). The SMILES string of the molecule is CCCO[C@@H]1CC[C@H](C(=O)N2CCNC(=O)CC2)C[C@H]1NC(=O)c1ccc[nH]1. The normalized spacial score (nSPS) is 25.7. The molecule has 8 nitrogen and oxygen atoms in total. The highest BCUT2D eigenvalue weighted by Crippen LogP contribution is 2.29. The van der Waals surface area contributed by atoms with E-state index in [2.05, 4.69) is 22.5 Å². The number of ether oxygens (including phenoxy) is 1. The minimum Gasteiger partial charge on any atom is -0.376 e. The number of hydrogen-bond donors (Lipinski definition) is 3. The fraction of sp³-hybridized carbons (Fsp3) is 0.650. The number of nitrogens with one attached hydrogen (secondary N) is 3. The summed E-state index contributed by atoms with van der Waals surface area (Å²) < 4.78 is 5.97. The van der Waals surface area contributed by atoms with E-state index in [0.29, 0.717) is 44.8 Å². The van der Waals surface area contributed by atoms with Gasteiger partial charge in [-0.2, -0.15) is 0 Å². The Labute approximate surface area is 165 Å². The minimum atomic E-state index is -0.211. The van der Waals surface area contributed by atoms with Gasteiger partial charge in [0.1, 0.15) is 5.69 Å². The van der Waals surface area contributed by atoms with Gasteiger partial charge in [-0.05, 0) is 37.8 Å². The summed E-state index contributed by atoms with van der Waals surface area (Å²) in [6, 6.07) is 3.29. The molecule has 0 spiro atoms. The van der Waals surface area contributed by atoms with Crippen LogP contribution in [0.25, 0.3) is 0 Å². The van der Waals surface area contributed by atoms with Crippen molar-refractivity contribution in [2.24, 2.45) is 5.92 Å². The summed E-state index contributed by atoms with van der Waals surface area (Å²) in [6.45, 7) is 4.17. The molecule has 28 heavy (non-hydrogen) atoms. The third kappa shape index (κ3) is 5.13. The Morgan fingerprint density at radius 1 is 1.32 bits per heavy atom. The number of H-pyrrole nitrogens is 1. The maximum absolute atomic E-state index is 13.0. The van der Waals surface area contributed by atoms with E-state index in [9.17, 15) is 14.4 Å². The lowest BCUT2D eigenvalue weighted by atomic mass is 9.82. The molecular formula is C20H30N4O4. The Morgan fingerprint density at radius 2 is 2.18 bits per heavy atom. The van der Waals surface area contributed by atoms with Crippen molar-refractivity contribution < 1.29 is 19.1 Å². The molecular weight excluding hydrogens is 360 g/mol. The standard InChI is InChI=1S/C20H30N4O4/c1-2-12-28-17-6-5-14(20(27)24-10-7-18(25)22-9-11-24)13-16(17)23-19(26)15-4-3-8-21-15/h3-4,8,14,16-17,21H,2,5-7,9-13H2,1H3,(H,22,25)(H,23,26)/t14-,16+,17+/m0/s1. The molecule has 2 fully saturated rings. The first-order valence-electron chi connectivity index (χ1n) is 10.2. The smallest absolute Gasteiger partial charge is 0.267 e. The van der Waals surface area contributed by atoms with Gasteiger partial charge in [0.25, 0.3) is 5.91 Å². The maximum atomic E-state index is 13.0. The molecule has 2 aliphatic rings. The molecule has 0 bridgehead atoms. The maximum Gasteiger partial charge on any atom is 0.267 e. The van der Waals surface area contributed by atoms with Gasteiger partial charge in [0.2, 0.25) is 11.8 Å². The molecule has 3 amide bonds. The van der Waals surface area contributed by atoms with Crippen molar-refractivity contribution >= 4 is 17.7 Å². The van der Waals surface area contributed by atoms with Crippen molar-refractivity contribution in [3.05, 3.63) is 24.0 Å². The van der Waals surface area contributed by atoms with Crippen LogP contribution < -0.4 is 10.6 Å². The second kappa shape index (κ2) is 9.73. The predicted octanol–water partition coefficient (Wildman–Crippen LogP) is 1.06. The second-order valence-corrected chi connectivity index (χ2v) is 7.51. The van der Waals surface area contributed by atoms with Gasteiger partial charge < -0.3 is 25.3 Å². The van der Waals surface area contributed by atoms with Gasteiger partial charge in [0.05, 0.1) is 12.1 Å². The highest BCUT2D eigenvalue weighted by molar-refractivity contribution is 5.92. The number of carbonyl (C=O) groups is 3. The largest absolute Gasteiger partial charge is 0.376 e. The molecule has 154 valence electrons. The van der Waals surface area contributed by atoms with E-state index in [1.54, 1.807) is 23.2 Å². The molecule has 8 heteroatoms. The van der Waals surface area contributed by atoms with Gasteiger partial charge in [0, 0.05) is 44.8 Å². The van der Waals surface area contributed by atoms with Crippen LogP contribution in [0.1, 0.15) is 49.5 Å². The Morgan fingerprint density at radius 3 is 2.93 bits per heavy atom. The van der Waals surface area contributed by atoms with Crippen LogP contribution in [-0.4, -0.2) is 66.0 Å². The van der Waals surface area contributed by atoms with Gasteiger partial charge in [-0.3, -0.25) is 14.4 Å². The Bertz CT molecular complexity index is 676. The van der Waals surface area contributed by atoms with E-state index >= 15 is 0 Å². The van der Waals surface area contributed by atoms with Crippen molar-refractivity contribution in [1.82, 2.24) is 20.5 Å². The van der Waals surface area contributed by atoms with Gasteiger partial charge >= 0.3 is 0 Å². The molecule has 0 unspecified atom stereocenters.